The van der Waals surface area contributed by atoms with Gasteiger partial charge in [-0.2, -0.15) is 0 Å². The molecule has 5 amide bonds. The van der Waals surface area contributed by atoms with E-state index in [-0.39, 0.29) is 99.3 Å². The standard InChI is InChI=1S/C31H45N3O6Si.C23H39N3O4Si.H2/c1-8-23-16-25(22-40-41(6,7)31(2,3)4)18-26(17-23)34(5)29(37)15-14-27(35)19-32-28(36)20-33-30(38)39-21-24-12-10-9-11-13-24;1-8-17-11-18(16-30-31(6,7)23(2,3)4)13-19(12-17)26(5)22(29)10-9-20(27)15-25-21(28)14-24;/h9-13,16-18H,8,14-15,19-22H2,1-7H3,(H,32,36)(H,33,38);11-13H,8-10,14-16,24H2,1-7H3,(H,25,28);1H. The number of ether oxygens (including phenoxy) is 1. The van der Waals surface area contributed by atoms with Crippen molar-refractivity contribution in [2.45, 2.75) is 150 Å². The molecule has 0 spiro atoms. The fraction of sp³-hybridized carbons (Fsp3) is 0.537. The molecule has 18 heteroatoms. The van der Waals surface area contributed by atoms with E-state index in [1.807, 2.05) is 54.6 Å². The summed E-state index contributed by atoms with van der Waals surface area (Å²) in [4.78, 5) is 87.8. The molecule has 5 N–H and O–H groups in total. The fourth-order valence-electron chi connectivity index (χ4n) is 6.16. The van der Waals surface area contributed by atoms with Gasteiger partial charge < -0.3 is 45.1 Å². The number of aryl methyl sites for hydroxylation is 2. The van der Waals surface area contributed by atoms with Gasteiger partial charge in [-0.05, 0) is 101 Å². The molecule has 400 valence electrons. The Kier molecular flexibility index (Phi) is 25.4. The number of benzene rings is 3. The summed E-state index contributed by atoms with van der Waals surface area (Å²) in [5, 5.41) is 7.46. The van der Waals surface area contributed by atoms with Gasteiger partial charge in [0.15, 0.2) is 28.2 Å². The smallest absolute Gasteiger partial charge is 0.407 e. The van der Waals surface area contributed by atoms with Gasteiger partial charge in [-0.25, -0.2) is 4.79 Å². The van der Waals surface area contributed by atoms with Gasteiger partial charge in [0.25, 0.3) is 0 Å². The van der Waals surface area contributed by atoms with E-state index in [9.17, 15) is 33.6 Å². The lowest BCUT2D eigenvalue weighted by molar-refractivity contribution is -0.125. The number of rotatable bonds is 25. The third kappa shape index (κ3) is 22.1. The Morgan fingerprint density at radius 3 is 1.33 bits per heavy atom. The van der Waals surface area contributed by atoms with Gasteiger partial charge in [0.1, 0.15) is 13.2 Å². The van der Waals surface area contributed by atoms with E-state index in [2.05, 4.69) is 110 Å². The van der Waals surface area contributed by atoms with Crippen LogP contribution in [0.2, 0.25) is 36.3 Å². The molecular weight excluding hydrogens is 949 g/mol. The van der Waals surface area contributed by atoms with Gasteiger partial charge in [-0.1, -0.05) is 97.9 Å². The van der Waals surface area contributed by atoms with Crippen molar-refractivity contribution in [1.82, 2.24) is 16.0 Å². The molecule has 0 atom stereocenters. The lowest BCUT2D eigenvalue weighted by Gasteiger charge is -2.36. The maximum absolute atomic E-state index is 12.9. The number of hydrogen-bond donors (Lipinski definition) is 4. The van der Waals surface area contributed by atoms with Crippen molar-refractivity contribution >= 4 is 69.3 Å². The topological polar surface area (TPSA) is 216 Å². The second kappa shape index (κ2) is 29.2. The average molecular weight is 1040 g/mol. The molecule has 3 aromatic rings. The van der Waals surface area contributed by atoms with Gasteiger partial charge in [0.2, 0.25) is 23.6 Å². The monoisotopic (exact) mass is 1030 g/mol. The Labute approximate surface area is 432 Å². The molecule has 0 saturated carbocycles. The van der Waals surface area contributed by atoms with Crippen LogP contribution in [-0.2, 0) is 75.0 Å². The molecule has 3 aromatic carbocycles. The Morgan fingerprint density at radius 1 is 0.542 bits per heavy atom. The number of carbonyl (C=O) groups excluding carboxylic acids is 7. The first-order valence-corrected chi connectivity index (χ1v) is 30.6. The third-order valence-corrected chi connectivity index (χ3v) is 22.2. The van der Waals surface area contributed by atoms with Crippen LogP contribution in [-0.4, -0.2) is 98.2 Å². The normalized spacial score (nSPS) is 11.7. The number of hydrogen-bond acceptors (Lipinski definition) is 11. The van der Waals surface area contributed by atoms with Crippen molar-refractivity contribution < 1.29 is 48.6 Å². The first-order valence-electron chi connectivity index (χ1n) is 24.8. The molecule has 0 radical (unpaired) electrons. The van der Waals surface area contributed by atoms with Crippen molar-refractivity contribution in [2.75, 3.05) is 50.1 Å². The van der Waals surface area contributed by atoms with Gasteiger partial charge >= 0.3 is 6.09 Å². The van der Waals surface area contributed by atoms with Crippen LogP contribution in [0, 0.1) is 0 Å². The zero-order chi connectivity index (χ0) is 54.5. The van der Waals surface area contributed by atoms with Crippen molar-refractivity contribution in [2.24, 2.45) is 5.73 Å². The molecule has 3 rings (SSSR count). The maximum Gasteiger partial charge on any atom is 0.407 e. The van der Waals surface area contributed by atoms with Crippen molar-refractivity contribution in [3.8, 4) is 0 Å². The minimum atomic E-state index is -1.93. The van der Waals surface area contributed by atoms with Gasteiger partial charge in [-0.3, -0.25) is 28.8 Å². The summed E-state index contributed by atoms with van der Waals surface area (Å²) in [7, 11) is -0.390. The highest BCUT2D eigenvalue weighted by molar-refractivity contribution is 6.74. The zero-order valence-electron chi connectivity index (χ0n) is 45.6. The van der Waals surface area contributed by atoms with E-state index in [0.29, 0.717) is 13.2 Å². The molecule has 0 fully saturated rings. The van der Waals surface area contributed by atoms with Crippen LogP contribution in [0.1, 0.15) is 110 Å². The molecule has 0 saturated heterocycles. The number of nitrogens with one attached hydrogen (secondary N) is 3. The molecule has 0 aliphatic rings. The van der Waals surface area contributed by atoms with E-state index in [1.54, 1.807) is 23.9 Å². The molecule has 0 bridgehead atoms. The SMILES string of the molecule is CCc1cc(CO[Si](C)(C)C(C)(C)C)cc(N(C)C(=O)CCC(=O)CNC(=O)CN)c1.CCc1cc(CO[Si](C)(C)C(C)(C)C)cc(N(C)C(=O)CCC(=O)CNC(=O)CNC(=O)OCc2ccccc2)c1.[HH]. The summed E-state index contributed by atoms with van der Waals surface area (Å²) in [5.74, 6) is -1.74. The number of Topliss-reactive ketones (excluding diaryl/α,β-unsaturated/α-hetero) is 2. The minimum absolute atomic E-state index is 0. The van der Waals surface area contributed by atoms with Crippen molar-refractivity contribution in [1.29, 1.82) is 0 Å². The first-order chi connectivity index (χ1) is 33.5. The predicted molar refractivity (Wildman–Crippen MR) is 293 cm³/mol. The van der Waals surface area contributed by atoms with E-state index in [4.69, 9.17) is 19.3 Å². The highest BCUT2D eigenvalue weighted by Gasteiger charge is 2.38. The van der Waals surface area contributed by atoms with Crippen LogP contribution in [0.15, 0.2) is 66.7 Å². The number of anilines is 2. The van der Waals surface area contributed by atoms with Crippen LogP contribution in [0.25, 0.3) is 0 Å². The fourth-order valence-corrected chi connectivity index (χ4v) is 8.08. The Hall–Kier alpha value is -5.54. The summed E-state index contributed by atoms with van der Waals surface area (Å²) in [5.41, 5.74) is 11.9. The molecule has 0 unspecified atom stereocenters. The Bertz CT molecular complexity index is 2300. The van der Waals surface area contributed by atoms with E-state index in [0.717, 1.165) is 52.0 Å². The van der Waals surface area contributed by atoms with Crippen LogP contribution >= 0.6 is 0 Å². The van der Waals surface area contributed by atoms with E-state index in [1.165, 1.54) is 0 Å². The van der Waals surface area contributed by atoms with Crippen LogP contribution in [0.3, 0.4) is 0 Å². The Morgan fingerprint density at radius 2 is 0.944 bits per heavy atom. The van der Waals surface area contributed by atoms with Gasteiger partial charge in [0.05, 0.1) is 32.8 Å². The van der Waals surface area contributed by atoms with Crippen molar-refractivity contribution in [3.05, 3.63) is 94.5 Å². The van der Waals surface area contributed by atoms with Gasteiger partial charge in [-0.15, -0.1) is 0 Å². The van der Waals surface area contributed by atoms with Crippen LogP contribution in [0.5, 0.6) is 0 Å². The summed E-state index contributed by atoms with van der Waals surface area (Å²) in [6.45, 7) is 26.5. The number of ketones is 2. The summed E-state index contributed by atoms with van der Waals surface area (Å²) >= 11 is 0. The van der Waals surface area contributed by atoms with E-state index >= 15 is 0 Å². The van der Waals surface area contributed by atoms with Crippen LogP contribution in [0.4, 0.5) is 16.2 Å². The second-order valence-corrected chi connectivity index (χ2v) is 30.6. The predicted octanol–water partition coefficient (Wildman–Crippen LogP) is 8.53. The molecule has 72 heavy (non-hydrogen) atoms. The Balaban J connectivity index is 0.000000748. The summed E-state index contributed by atoms with van der Waals surface area (Å²) in [6.07, 6.45) is 1.10. The zero-order valence-corrected chi connectivity index (χ0v) is 47.6. The maximum atomic E-state index is 12.9. The number of alkyl carbamates (subject to hydrolysis) is 1. The second-order valence-electron chi connectivity index (χ2n) is 21.0. The highest BCUT2D eigenvalue weighted by Crippen LogP contribution is 2.38. The third-order valence-electron chi connectivity index (χ3n) is 13.2. The van der Waals surface area contributed by atoms with Gasteiger partial charge in [0, 0.05) is 52.6 Å². The molecule has 16 nitrogen and oxygen atoms in total. The summed E-state index contributed by atoms with van der Waals surface area (Å²) < 4.78 is 17.8. The average Bonchev–Trinajstić information content (AvgIpc) is 3.34. The number of nitrogens with zero attached hydrogens (tertiary/aromatic N) is 2. The lowest BCUT2D eigenvalue weighted by atomic mass is 10.1. The summed E-state index contributed by atoms with van der Waals surface area (Å²) in [6, 6.07) is 21.3. The quantitative estimate of drug-likeness (QED) is 0.0590. The molecule has 0 aromatic heterocycles. The number of nitrogens with two attached hydrogens (primary N) is 1. The first kappa shape index (κ1) is 62.6. The number of carbonyl (C=O) groups is 7. The lowest BCUT2D eigenvalue weighted by Crippen LogP contribution is -2.40. The molecule has 0 aliphatic carbocycles. The molecule has 0 aliphatic heterocycles. The highest BCUT2D eigenvalue weighted by atomic mass is 28.4. The van der Waals surface area contributed by atoms with Crippen molar-refractivity contribution in [3.63, 3.8) is 0 Å². The number of amides is 5. The molecule has 0 heterocycles. The largest absolute Gasteiger partial charge is 0.445 e. The minimum Gasteiger partial charge on any atom is -0.445 e. The van der Waals surface area contributed by atoms with Crippen LogP contribution < -0.4 is 31.5 Å². The van der Waals surface area contributed by atoms with E-state index < -0.39 is 28.6 Å². The molecular formula is C54H86N6O10Si2.